The fourth-order valence-corrected chi connectivity index (χ4v) is 4.15. The molecule has 0 unspecified atom stereocenters. The maximum atomic E-state index is 14.3. The van der Waals surface area contributed by atoms with E-state index >= 15 is 0 Å². The van der Waals surface area contributed by atoms with Crippen LogP contribution in [0.15, 0.2) is 77.7 Å². The first kappa shape index (κ1) is 21.7. The molecule has 3 aromatic rings. The average molecular weight is 427 g/mol. The molecule has 1 amide bonds. The Hall–Kier alpha value is -3.03. The molecule has 1 N–H and O–H groups in total. The number of carbonyl (C=O) groups is 1. The Kier molecular flexibility index (Phi) is 6.64. The summed E-state index contributed by atoms with van der Waals surface area (Å²) in [5.41, 5.74) is 2.10. The molecule has 0 aliphatic rings. The predicted octanol–water partition coefficient (Wildman–Crippen LogP) is 4.46. The third-order valence-electron chi connectivity index (χ3n) is 4.76. The molecule has 156 valence electrons. The van der Waals surface area contributed by atoms with Gasteiger partial charge in [-0.2, -0.15) is 4.31 Å². The van der Waals surface area contributed by atoms with Gasteiger partial charge >= 0.3 is 0 Å². The molecule has 5 nitrogen and oxygen atoms in total. The number of benzene rings is 3. The SMILES string of the molecule is CCc1ccc(NC(=O)c2cc(S(=O)(=O)N(C)Cc3ccccc3)ccc2F)cc1. The van der Waals surface area contributed by atoms with Crippen molar-refractivity contribution in [2.45, 2.75) is 24.8 Å². The minimum absolute atomic E-state index is 0.145. The van der Waals surface area contributed by atoms with Crippen molar-refractivity contribution >= 4 is 21.6 Å². The van der Waals surface area contributed by atoms with Gasteiger partial charge in [0.1, 0.15) is 5.82 Å². The molecule has 0 atom stereocenters. The minimum atomic E-state index is -3.91. The van der Waals surface area contributed by atoms with Crippen LogP contribution in [-0.2, 0) is 23.0 Å². The molecule has 0 saturated carbocycles. The molecule has 3 aromatic carbocycles. The molecule has 0 spiro atoms. The Bertz CT molecular complexity index is 1130. The van der Waals surface area contributed by atoms with Crippen LogP contribution in [0.4, 0.5) is 10.1 Å². The number of hydrogen-bond donors (Lipinski definition) is 1. The van der Waals surface area contributed by atoms with Crippen molar-refractivity contribution in [3.05, 3.63) is 95.3 Å². The van der Waals surface area contributed by atoms with E-state index in [-0.39, 0.29) is 17.0 Å². The molecule has 0 saturated heterocycles. The number of sulfonamides is 1. The summed E-state index contributed by atoms with van der Waals surface area (Å²) in [6.45, 7) is 2.18. The Labute approximate surface area is 176 Å². The summed E-state index contributed by atoms with van der Waals surface area (Å²) < 4.78 is 41.3. The maximum Gasteiger partial charge on any atom is 0.258 e. The predicted molar refractivity (Wildman–Crippen MR) is 115 cm³/mol. The van der Waals surface area contributed by atoms with Gasteiger partial charge in [-0.1, -0.05) is 49.4 Å². The van der Waals surface area contributed by atoms with Gasteiger partial charge < -0.3 is 5.32 Å². The topological polar surface area (TPSA) is 66.5 Å². The van der Waals surface area contributed by atoms with Crippen molar-refractivity contribution in [1.29, 1.82) is 0 Å². The van der Waals surface area contributed by atoms with Crippen molar-refractivity contribution in [2.75, 3.05) is 12.4 Å². The maximum absolute atomic E-state index is 14.3. The van der Waals surface area contributed by atoms with E-state index in [1.165, 1.54) is 17.4 Å². The van der Waals surface area contributed by atoms with Crippen LogP contribution < -0.4 is 5.32 Å². The lowest BCUT2D eigenvalue weighted by Gasteiger charge is -2.18. The molecule has 0 bridgehead atoms. The van der Waals surface area contributed by atoms with Gasteiger partial charge in [-0.25, -0.2) is 12.8 Å². The summed E-state index contributed by atoms with van der Waals surface area (Å²) in [6.07, 6.45) is 0.860. The molecular weight excluding hydrogens is 403 g/mol. The van der Waals surface area contributed by atoms with Crippen LogP contribution in [0.2, 0.25) is 0 Å². The van der Waals surface area contributed by atoms with E-state index in [2.05, 4.69) is 5.32 Å². The van der Waals surface area contributed by atoms with E-state index in [9.17, 15) is 17.6 Å². The normalized spacial score (nSPS) is 11.5. The summed E-state index contributed by atoms with van der Waals surface area (Å²) in [5.74, 6) is -1.50. The molecular formula is C23H23FN2O3S. The minimum Gasteiger partial charge on any atom is -0.322 e. The lowest BCUT2D eigenvalue weighted by atomic mass is 10.1. The van der Waals surface area contributed by atoms with E-state index in [4.69, 9.17) is 0 Å². The summed E-state index contributed by atoms with van der Waals surface area (Å²) in [6, 6.07) is 19.5. The zero-order valence-electron chi connectivity index (χ0n) is 16.8. The number of anilines is 1. The Morgan fingerprint density at radius 1 is 0.967 bits per heavy atom. The molecule has 0 aliphatic heterocycles. The van der Waals surface area contributed by atoms with Gasteiger partial charge in [0.05, 0.1) is 10.5 Å². The number of nitrogens with zero attached hydrogens (tertiary/aromatic N) is 1. The number of nitrogens with one attached hydrogen (secondary N) is 1. The zero-order valence-corrected chi connectivity index (χ0v) is 17.6. The molecule has 7 heteroatoms. The highest BCUT2D eigenvalue weighted by atomic mass is 32.2. The summed E-state index contributed by atoms with van der Waals surface area (Å²) in [5, 5.41) is 2.61. The van der Waals surface area contributed by atoms with Crippen LogP contribution in [0, 0.1) is 5.82 Å². The molecule has 0 aromatic heterocycles. The first-order valence-electron chi connectivity index (χ1n) is 9.51. The number of aryl methyl sites for hydroxylation is 1. The standard InChI is InChI=1S/C23H23FN2O3S/c1-3-17-9-11-19(12-10-17)25-23(27)21-15-20(13-14-22(21)24)30(28,29)26(2)16-18-7-5-4-6-8-18/h4-15H,3,16H2,1-2H3,(H,25,27). The van der Waals surface area contributed by atoms with Gasteiger partial charge in [0.15, 0.2) is 0 Å². The Morgan fingerprint density at radius 2 is 1.63 bits per heavy atom. The molecule has 0 fully saturated rings. The average Bonchev–Trinajstić information content (AvgIpc) is 2.75. The smallest absolute Gasteiger partial charge is 0.258 e. The first-order chi connectivity index (χ1) is 14.3. The van der Waals surface area contributed by atoms with Gasteiger partial charge in [0, 0.05) is 19.3 Å². The molecule has 3 rings (SSSR count). The third-order valence-corrected chi connectivity index (χ3v) is 6.56. The quantitative estimate of drug-likeness (QED) is 0.607. The van der Waals surface area contributed by atoms with Gasteiger partial charge in [0.2, 0.25) is 10.0 Å². The van der Waals surface area contributed by atoms with Gasteiger partial charge in [0.25, 0.3) is 5.91 Å². The van der Waals surface area contributed by atoms with Crippen LogP contribution in [-0.4, -0.2) is 25.7 Å². The number of rotatable bonds is 7. The number of carbonyl (C=O) groups excluding carboxylic acids is 1. The molecule has 30 heavy (non-hydrogen) atoms. The van der Waals surface area contributed by atoms with Gasteiger partial charge in [-0.15, -0.1) is 0 Å². The second-order valence-electron chi connectivity index (χ2n) is 6.89. The highest BCUT2D eigenvalue weighted by Gasteiger charge is 2.24. The summed E-state index contributed by atoms with van der Waals surface area (Å²) in [4.78, 5) is 12.4. The Balaban J connectivity index is 1.83. The molecule has 0 radical (unpaired) electrons. The van der Waals surface area contributed by atoms with E-state index in [0.29, 0.717) is 5.69 Å². The van der Waals surface area contributed by atoms with E-state index in [1.807, 2.05) is 49.4 Å². The third kappa shape index (κ3) is 4.93. The summed E-state index contributed by atoms with van der Waals surface area (Å²) >= 11 is 0. The van der Waals surface area contributed by atoms with E-state index < -0.39 is 21.7 Å². The lowest BCUT2D eigenvalue weighted by Crippen LogP contribution is -2.27. The van der Waals surface area contributed by atoms with Crippen molar-refractivity contribution in [3.8, 4) is 0 Å². The fraction of sp³-hybridized carbons (Fsp3) is 0.174. The lowest BCUT2D eigenvalue weighted by molar-refractivity contribution is 0.102. The fourth-order valence-electron chi connectivity index (χ4n) is 2.97. The second kappa shape index (κ2) is 9.19. The number of amides is 1. The highest BCUT2D eigenvalue weighted by molar-refractivity contribution is 7.89. The van der Waals surface area contributed by atoms with Crippen molar-refractivity contribution in [1.82, 2.24) is 4.31 Å². The van der Waals surface area contributed by atoms with Crippen molar-refractivity contribution < 1.29 is 17.6 Å². The van der Waals surface area contributed by atoms with Gasteiger partial charge in [-0.3, -0.25) is 4.79 Å². The summed E-state index contributed by atoms with van der Waals surface area (Å²) in [7, 11) is -2.46. The van der Waals surface area contributed by atoms with E-state index in [0.717, 1.165) is 29.7 Å². The van der Waals surface area contributed by atoms with Crippen LogP contribution >= 0.6 is 0 Å². The number of hydrogen-bond acceptors (Lipinski definition) is 3. The molecule has 0 aliphatic carbocycles. The first-order valence-corrected chi connectivity index (χ1v) is 11.0. The largest absolute Gasteiger partial charge is 0.322 e. The van der Waals surface area contributed by atoms with E-state index in [1.54, 1.807) is 12.1 Å². The molecule has 0 heterocycles. The van der Waals surface area contributed by atoms with Crippen LogP contribution in [0.5, 0.6) is 0 Å². The van der Waals surface area contributed by atoms with Crippen molar-refractivity contribution in [2.24, 2.45) is 0 Å². The van der Waals surface area contributed by atoms with Crippen LogP contribution in [0.3, 0.4) is 0 Å². The highest BCUT2D eigenvalue weighted by Crippen LogP contribution is 2.21. The zero-order chi connectivity index (χ0) is 21.7. The van der Waals surface area contributed by atoms with Gasteiger partial charge in [-0.05, 0) is 47.9 Å². The van der Waals surface area contributed by atoms with Crippen molar-refractivity contribution in [3.63, 3.8) is 0 Å². The second-order valence-corrected chi connectivity index (χ2v) is 8.94. The van der Waals surface area contributed by atoms with Crippen LogP contribution in [0.1, 0.15) is 28.4 Å². The monoisotopic (exact) mass is 426 g/mol. The van der Waals surface area contributed by atoms with Crippen LogP contribution in [0.25, 0.3) is 0 Å². The Morgan fingerprint density at radius 3 is 2.27 bits per heavy atom. The number of halogens is 1.